The molecule has 0 atom stereocenters. The zero-order chi connectivity index (χ0) is 19.6. The first kappa shape index (κ1) is 17.9. The first-order valence-electron chi connectivity index (χ1n) is 9.76. The maximum Gasteiger partial charge on any atom is 0.253 e. The lowest BCUT2D eigenvalue weighted by molar-refractivity contribution is 0.483. The molecule has 1 saturated heterocycles. The van der Waals surface area contributed by atoms with Gasteiger partial charge in [-0.25, -0.2) is 9.67 Å². The topological polar surface area (TPSA) is 56.1 Å². The Balaban J connectivity index is 1.59. The van der Waals surface area contributed by atoms with Gasteiger partial charge in [-0.1, -0.05) is 11.6 Å². The highest BCUT2D eigenvalue weighted by Crippen LogP contribution is 2.32. The molecule has 4 aromatic rings. The molecule has 5 rings (SSSR count). The van der Waals surface area contributed by atoms with Crippen LogP contribution in [-0.4, -0.2) is 32.8 Å². The first-order chi connectivity index (χ1) is 14.3. The van der Waals surface area contributed by atoms with Crippen LogP contribution in [0, 0.1) is 0 Å². The van der Waals surface area contributed by atoms with Crippen molar-refractivity contribution in [2.75, 3.05) is 18.0 Å². The molecule has 1 aliphatic rings. The monoisotopic (exact) mass is 405 g/mol. The highest BCUT2D eigenvalue weighted by molar-refractivity contribution is 6.30. The van der Waals surface area contributed by atoms with Crippen molar-refractivity contribution in [2.24, 2.45) is 0 Å². The van der Waals surface area contributed by atoms with Gasteiger partial charge in [-0.05, 0) is 67.8 Å². The van der Waals surface area contributed by atoms with Crippen LogP contribution < -0.4 is 9.64 Å². The molecule has 6 nitrogen and oxygen atoms in total. The van der Waals surface area contributed by atoms with Crippen LogP contribution in [0.25, 0.3) is 16.9 Å². The third kappa shape index (κ3) is 3.76. The number of anilines is 1. The molecule has 7 heteroatoms. The molecule has 0 radical (unpaired) electrons. The van der Waals surface area contributed by atoms with Gasteiger partial charge in [-0.2, -0.15) is 10.1 Å². The fourth-order valence-corrected chi connectivity index (χ4v) is 3.74. The molecule has 146 valence electrons. The molecule has 2 aromatic heterocycles. The Hall–Kier alpha value is -3.12. The van der Waals surface area contributed by atoms with Crippen LogP contribution in [0.2, 0.25) is 5.02 Å². The summed E-state index contributed by atoms with van der Waals surface area (Å²) in [5.41, 5.74) is 0.870. The van der Waals surface area contributed by atoms with E-state index in [0.29, 0.717) is 11.0 Å². The Morgan fingerprint density at radius 1 is 0.897 bits per heavy atom. The summed E-state index contributed by atoms with van der Waals surface area (Å²) in [6.45, 7) is 1.99. The summed E-state index contributed by atoms with van der Waals surface area (Å²) in [4.78, 5) is 11.9. The molecule has 0 N–H and O–H groups in total. The highest BCUT2D eigenvalue weighted by atomic mass is 35.5. The van der Waals surface area contributed by atoms with Crippen LogP contribution in [0.15, 0.2) is 60.9 Å². The van der Waals surface area contributed by atoms with E-state index >= 15 is 0 Å². The standard InChI is InChI=1S/C22H20ClN5O/c23-16-5-7-17(8-6-16)29-18-9-10-20-19(15-18)21(27-12-2-1-3-13-27)26-22(25-20)28-14-4-11-24-28/h4-11,14-15H,1-3,12-13H2. The van der Waals surface area contributed by atoms with Gasteiger partial charge in [0.1, 0.15) is 17.3 Å². The average molecular weight is 406 g/mol. The maximum absolute atomic E-state index is 6.04. The minimum Gasteiger partial charge on any atom is -0.457 e. The van der Waals surface area contributed by atoms with Gasteiger partial charge in [-0.15, -0.1) is 0 Å². The summed E-state index contributed by atoms with van der Waals surface area (Å²) in [5.74, 6) is 2.99. The van der Waals surface area contributed by atoms with Crippen molar-refractivity contribution >= 4 is 28.3 Å². The molecule has 0 aliphatic carbocycles. The molecule has 2 aromatic carbocycles. The second-order valence-corrected chi connectivity index (χ2v) is 7.52. The maximum atomic E-state index is 6.04. The predicted octanol–water partition coefficient (Wildman–Crippen LogP) is 5.25. The van der Waals surface area contributed by atoms with Gasteiger partial charge in [0.2, 0.25) is 0 Å². The van der Waals surface area contributed by atoms with E-state index < -0.39 is 0 Å². The van der Waals surface area contributed by atoms with Gasteiger partial charge in [0, 0.05) is 35.9 Å². The number of nitrogens with zero attached hydrogens (tertiary/aromatic N) is 5. The number of ether oxygens (including phenoxy) is 1. The summed E-state index contributed by atoms with van der Waals surface area (Å²) < 4.78 is 7.74. The highest BCUT2D eigenvalue weighted by Gasteiger charge is 2.18. The van der Waals surface area contributed by atoms with Crippen molar-refractivity contribution in [2.45, 2.75) is 19.3 Å². The van der Waals surface area contributed by atoms with Gasteiger partial charge in [0.05, 0.1) is 5.52 Å². The molecule has 3 heterocycles. The van der Waals surface area contributed by atoms with Crippen molar-refractivity contribution in [3.63, 3.8) is 0 Å². The molecule has 0 saturated carbocycles. The molecule has 0 bridgehead atoms. The van der Waals surface area contributed by atoms with Gasteiger partial charge < -0.3 is 9.64 Å². The Morgan fingerprint density at radius 2 is 1.69 bits per heavy atom. The van der Waals surface area contributed by atoms with E-state index in [1.54, 1.807) is 10.9 Å². The van der Waals surface area contributed by atoms with Crippen LogP contribution in [0.5, 0.6) is 11.5 Å². The van der Waals surface area contributed by atoms with Crippen molar-refractivity contribution in [1.82, 2.24) is 19.7 Å². The molecular formula is C22H20ClN5O. The number of rotatable bonds is 4. The summed E-state index contributed by atoms with van der Waals surface area (Å²) in [7, 11) is 0. The SMILES string of the molecule is Clc1ccc(Oc2ccc3nc(-n4cccn4)nc(N4CCCCC4)c3c2)cc1. The number of hydrogen-bond donors (Lipinski definition) is 0. The zero-order valence-corrected chi connectivity index (χ0v) is 16.6. The second-order valence-electron chi connectivity index (χ2n) is 7.08. The largest absolute Gasteiger partial charge is 0.457 e. The van der Waals surface area contributed by atoms with Crippen molar-refractivity contribution in [3.8, 4) is 17.4 Å². The molecule has 0 unspecified atom stereocenters. The number of benzene rings is 2. The summed E-state index contributed by atoms with van der Waals surface area (Å²) in [6, 6.07) is 15.1. The Labute approximate surface area is 173 Å². The minimum absolute atomic E-state index is 0.578. The van der Waals surface area contributed by atoms with Crippen LogP contribution in [0.4, 0.5) is 5.82 Å². The van der Waals surface area contributed by atoms with E-state index in [2.05, 4.69) is 10.00 Å². The van der Waals surface area contributed by atoms with Gasteiger partial charge in [-0.3, -0.25) is 0 Å². The van der Waals surface area contributed by atoms with Gasteiger partial charge in [0.15, 0.2) is 0 Å². The molecule has 1 aliphatic heterocycles. The van der Waals surface area contributed by atoms with Gasteiger partial charge >= 0.3 is 0 Å². The Morgan fingerprint density at radius 3 is 2.45 bits per heavy atom. The lowest BCUT2D eigenvalue weighted by Crippen LogP contribution is -2.30. The number of hydrogen-bond acceptors (Lipinski definition) is 5. The van der Waals surface area contributed by atoms with E-state index in [4.69, 9.17) is 26.3 Å². The van der Waals surface area contributed by atoms with E-state index in [1.807, 2.05) is 54.7 Å². The summed E-state index contributed by atoms with van der Waals surface area (Å²) >= 11 is 5.97. The molecule has 1 fully saturated rings. The smallest absolute Gasteiger partial charge is 0.253 e. The quantitative estimate of drug-likeness (QED) is 0.464. The molecule has 0 spiro atoms. The molecule has 29 heavy (non-hydrogen) atoms. The third-order valence-electron chi connectivity index (χ3n) is 5.05. The van der Waals surface area contributed by atoms with E-state index in [1.165, 1.54) is 19.3 Å². The third-order valence-corrected chi connectivity index (χ3v) is 5.30. The van der Waals surface area contributed by atoms with Gasteiger partial charge in [0.25, 0.3) is 5.95 Å². The fourth-order valence-electron chi connectivity index (χ4n) is 3.62. The van der Waals surface area contributed by atoms with Crippen molar-refractivity contribution in [3.05, 3.63) is 65.9 Å². The van der Waals surface area contributed by atoms with Crippen LogP contribution in [-0.2, 0) is 0 Å². The second kappa shape index (κ2) is 7.72. The Bertz CT molecular complexity index is 1120. The van der Waals surface area contributed by atoms with E-state index in [9.17, 15) is 0 Å². The normalized spacial score (nSPS) is 14.3. The summed E-state index contributed by atoms with van der Waals surface area (Å²) in [6.07, 6.45) is 7.19. The average Bonchev–Trinajstić information content (AvgIpc) is 3.30. The lowest BCUT2D eigenvalue weighted by Gasteiger charge is -2.29. The fraction of sp³-hybridized carbons (Fsp3) is 0.227. The lowest BCUT2D eigenvalue weighted by atomic mass is 10.1. The zero-order valence-electron chi connectivity index (χ0n) is 15.8. The van der Waals surface area contributed by atoms with E-state index in [-0.39, 0.29) is 0 Å². The minimum atomic E-state index is 0.578. The molecular weight excluding hydrogens is 386 g/mol. The number of piperidine rings is 1. The first-order valence-corrected chi connectivity index (χ1v) is 10.1. The Kier molecular flexibility index (Phi) is 4.77. The van der Waals surface area contributed by atoms with Crippen LogP contribution in [0.1, 0.15) is 19.3 Å². The van der Waals surface area contributed by atoms with Crippen LogP contribution in [0.3, 0.4) is 0 Å². The van der Waals surface area contributed by atoms with Crippen LogP contribution >= 0.6 is 11.6 Å². The predicted molar refractivity (Wildman–Crippen MR) is 114 cm³/mol. The number of aromatic nitrogens is 4. The van der Waals surface area contributed by atoms with Crippen molar-refractivity contribution < 1.29 is 4.74 Å². The number of fused-ring (bicyclic) bond motifs is 1. The van der Waals surface area contributed by atoms with E-state index in [0.717, 1.165) is 41.3 Å². The number of halogens is 1. The van der Waals surface area contributed by atoms with Crippen molar-refractivity contribution in [1.29, 1.82) is 0 Å². The molecule has 0 amide bonds. The summed E-state index contributed by atoms with van der Waals surface area (Å²) in [5, 5.41) is 5.96.